The van der Waals surface area contributed by atoms with E-state index >= 15 is 0 Å². The summed E-state index contributed by atoms with van der Waals surface area (Å²) in [7, 11) is 0. The van der Waals surface area contributed by atoms with Crippen molar-refractivity contribution < 1.29 is 0 Å². The summed E-state index contributed by atoms with van der Waals surface area (Å²) in [4.78, 5) is 42.6. The molecule has 466 valence electrons. The number of hydrogen-bond donors (Lipinski definition) is 0. The number of para-hydroxylation sites is 6. The zero-order chi connectivity index (χ0) is 65.8. The van der Waals surface area contributed by atoms with E-state index in [0.717, 1.165) is 154 Å². The average molecular weight is 1280 g/mol. The van der Waals surface area contributed by atoms with Gasteiger partial charge in [0.25, 0.3) is 0 Å². The van der Waals surface area contributed by atoms with Crippen molar-refractivity contribution in [3.8, 4) is 102 Å². The number of benzene rings is 12. The SMILES string of the molecule is c1ccc(-c2nc(-c3cccc(-c4cc5c6ccccc6n(-c6nc(-c7cccc(-c8ccccn8)c7)nc(-c7cccc(-c8ccccn8)c7)n6)c5c5c4c4ccccc4n5-c4ccccc4)c3)nc(-n3c4ccccc4c4ccc5c6ccccc6n(-c6ccccc6)c5c43)n2)cc1. The number of fused-ring (bicyclic) bond motifs is 14. The highest BCUT2D eigenvalue weighted by Gasteiger charge is 2.29. The normalized spacial score (nSPS) is 11.8. The smallest absolute Gasteiger partial charge is 0.238 e. The van der Waals surface area contributed by atoms with Crippen LogP contribution in [0.1, 0.15) is 0 Å². The summed E-state index contributed by atoms with van der Waals surface area (Å²) >= 11 is 0. The maximum absolute atomic E-state index is 5.65. The van der Waals surface area contributed by atoms with Crippen LogP contribution in [-0.4, -0.2) is 58.1 Å². The summed E-state index contributed by atoms with van der Waals surface area (Å²) in [6.45, 7) is 0. The van der Waals surface area contributed by atoms with E-state index in [0.29, 0.717) is 35.2 Å². The van der Waals surface area contributed by atoms with Gasteiger partial charge in [0.15, 0.2) is 23.3 Å². The van der Waals surface area contributed by atoms with Gasteiger partial charge in [0.1, 0.15) is 0 Å². The Morgan fingerprint density at radius 1 is 0.210 bits per heavy atom. The summed E-state index contributed by atoms with van der Waals surface area (Å²) in [6, 6.07) is 110. The van der Waals surface area contributed by atoms with Crippen molar-refractivity contribution in [3.05, 3.63) is 328 Å². The van der Waals surface area contributed by atoms with Crippen LogP contribution in [0.2, 0.25) is 0 Å². The lowest BCUT2D eigenvalue weighted by Gasteiger charge is -2.15. The van der Waals surface area contributed by atoms with Crippen molar-refractivity contribution >= 4 is 87.2 Å². The second-order valence-electron chi connectivity index (χ2n) is 25.1. The van der Waals surface area contributed by atoms with Gasteiger partial charge in [0.2, 0.25) is 11.9 Å². The van der Waals surface area contributed by atoms with Crippen LogP contribution in [-0.2, 0) is 0 Å². The first kappa shape index (κ1) is 56.5. The molecule has 20 rings (SSSR count). The zero-order valence-electron chi connectivity index (χ0n) is 53.5. The van der Waals surface area contributed by atoms with Gasteiger partial charge in [-0.3, -0.25) is 19.1 Å². The highest BCUT2D eigenvalue weighted by molar-refractivity contribution is 6.28. The largest absolute Gasteiger partial charge is 0.307 e. The Hall–Kier alpha value is -13.8. The molecule has 0 amide bonds. The Morgan fingerprint density at radius 3 is 1.05 bits per heavy atom. The Labute approximate surface area is 572 Å². The summed E-state index contributed by atoms with van der Waals surface area (Å²) in [5.41, 5.74) is 19.1. The number of rotatable bonds is 11. The maximum Gasteiger partial charge on any atom is 0.238 e. The molecule has 0 radical (unpaired) electrons. The number of pyridine rings is 2. The highest BCUT2D eigenvalue weighted by Crippen LogP contribution is 2.48. The van der Waals surface area contributed by atoms with Gasteiger partial charge >= 0.3 is 0 Å². The first-order valence-corrected chi connectivity index (χ1v) is 33.4. The molecule has 0 saturated carbocycles. The van der Waals surface area contributed by atoms with Crippen LogP contribution < -0.4 is 0 Å². The van der Waals surface area contributed by atoms with Crippen LogP contribution in [0.25, 0.3) is 190 Å². The van der Waals surface area contributed by atoms with E-state index in [1.54, 1.807) is 0 Å². The molecule has 0 atom stereocenters. The van der Waals surface area contributed by atoms with Crippen LogP contribution in [0.3, 0.4) is 0 Å². The first-order chi connectivity index (χ1) is 49.6. The predicted molar refractivity (Wildman–Crippen MR) is 404 cm³/mol. The highest BCUT2D eigenvalue weighted by atomic mass is 15.2. The van der Waals surface area contributed by atoms with Crippen molar-refractivity contribution in [1.29, 1.82) is 0 Å². The molecule has 0 aliphatic rings. The average Bonchev–Trinajstić information content (AvgIpc) is 1.51. The van der Waals surface area contributed by atoms with Gasteiger partial charge < -0.3 is 9.13 Å². The monoisotopic (exact) mass is 1280 g/mol. The van der Waals surface area contributed by atoms with Gasteiger partial charge in [-0.25, -0.2) is 9.97 Å². The molecule has 100 heavy (non-hydrogen) atoms. The molecule has 20 aromatic rings. The minimum Gasteiger partial charge on any atom is -0.307 e. The fourth-order valence-corrected chi connectivity index (χ4v) is 15.0. The lowest BCUT2D eigenvalue weighted by atomic mass is 9.95. The lowest BCUT2D eigenvalue weighted by molar-refractivity contribution is 0.953. The molecule has 8 aromatic heterocycles. The van der Waals surface area contributed by atoms with Gasteiger partial charge in [-0.15, -0.1) is 0 Å². The van der Waals surface area contributed by atoms with Gasteiger partial charge in [0.05, 0.1) is 55.5 Å². The van der Waals surface area contributed by atoms with Gasteiger partial charge in [-0.2, -0.15) is 19.9 Å². The van der Waals surface area contributed by atoms with E-state index in [1.807, 2.05) is 79.1 Å². The molecular weight excluding hydrogens is 1230 g/mol. The fraction of sp³-hybridized carbons (Fsp3) is 0. The molecule has 0 unspecified atom stereocenters. The van der Waals surface area contributed by atoms with Crippen molar-refractivity contribution in [1.82, 2.24) is 58.1 Å². The molecule has 0 N–H and O–H groups in total. The minimum absolute atomic E-state index is 0.462. The van der Waals surface area contributed by atoms with Crippen LogP contribution in [0, 0.1) is 0 Å². The van der Waals surface area contributed by atoms with Crippen LogP contribution in [0.15, 0.2) is 328 Å². The Kier molecular flexibility index (Phi) is 13.0. The molecule has 0 spiro atoms. The third-order valence-corrected chi connectivity index (χ3v) is 19.3. The number of aromatic nitrogens is 12. The topological polar surface area (TPSA) is 123 Å². The van der Waals surface area contributed by atoms with E-state index in [-0.39, 0.29) is 0 Å². The lowest BCUT2D eigenvalue weighted by Crippen LogP contribution is -2.07. The van der Waals surface area contributed by atoms with E-state index in [2.05, 4.69) is 267 Å². The van der Waals surface area contributed by atoms with Crippen molar-refractivity contribution in [2.45, 2.75) is 0 Å². The molecule has 8 heterocycles. The van der Waals surface area contributed by atoms with Crippen molar-refractivity contribution in [3.63, 3.8) is 0 Å². The summed E-state index contributed by atoms with van der Waals surface area (Å²) in [5, 5.41) is 8.66. The second-order valence-corrected chi connectivity index (χ2v) is 25.1. The van der Waals surface area contributed by atoms with Crippen LogP contribution in [0.4, 0.5) is 0 Å². The van der Waals surface area contributed by atoms with Crippen molar-refractivity contribution in [2.24, 2.45) is 0 Å². The molecule has 12 aromatic carbocycles. The fourth-order valence-electron chi connectivity index (χ4n) is 15.0. The zero-order valence-corrected chi connectivity index (χ0v) is 53.5. The van der Waals surface area contributed by atoms with Gasteiger partial charge in [0, 0.05) is 100 Å². The summed E-state index contributed by atoms with van der Waals surface area (Å²) in [6.07, 6.45) is 3.64. The Balaban J connectivity index is 0.846. The predicted octanol–water partition coefficient (Wildman–Crippen LogP) is 20.9. The molecule has 0 bridgehead atoms. The Bertz CT molecular complexity index is 6540. The summed E-state index contributed by atoms with van der Waals surface area (Å²) < 4.78 is 9.32. The van der Waals surface area contributed by atoms with Gasteiger partial charge in [-0.05, 0) is 108 Å². The number of hydrogen-bond acceptors (Lipinski definition) is 8. The van der Waals surface area contributed by atoms with E-state index in [4.69, 9.17) is 39.9 Å². The van der Waals surface area contributed by atoms with E-state index in [1.165, 1.54) is 0 Å². The van der Waals surface area contributed by atoms with Crippen LogP contribution in [0.5, 0.6) is 0 Å². The standard InChI is InChI=1S/C88H54N12/c1-4-25-55(26-5-1)83-91-84(94-87(93-83)99-75-44-15-11-38-65(75)68-48-47-67-64-37-10-14-43-74(64)97(79(67)80(68)99)62-33-6-2-7-34-62)59-30-22-27-56(51-59)70-54-71-66-39-12-16-45-76(66)100(81(71)82-78(70)69-40-13-17-46-77(69)98(82)63-35-8-3-9-36-63)88-95-85(60-31-23-28-57(52-60)72-41-18-20-49-89-72)92-86(96-88)61-32-24-29-58(53-61)73-42-19-21-50-90-73/h1-54H. The quantitative estimate of drug-likeness (QED) is 0.125. The number of nitrogens with zero attached hydrogens (tertiary/aromatic N) is 12. The maximum atomic E-state index is 5.65. The molecule has 0 fully saturated rings. The van der Waals surface area contributed by atoms with Crippen molar-refractivity contribution in [2.75, 3.05) is 0 Å². The molecule has 12 heteroatoms. The third-order valence-electron chi connectivity index (χ3n) is 19.3. The molecule has 0 aliphatic heterocycles. The molecule has 12 nitrogen and oxygen atoms in total. The molecule has 0 aliphatic carbocycles. The Morgan fingerprint density at radius 2 is 0.560 bits per heavy atom. The third kappa shape index (κ3) is 9.08. The van der Waals surface area contributed by atoms with Gasteiger partial charge in [-0.1, -0.05) is 218 Å². The van der Waals surface area contributed by atoms with Crippen LogP contribution >= 0.6 is 0 Å². The first-order valence-electron chi connectivity index (χ1n) is 33.4. The second kappa shape index (κ2) is 22.9. The van der Waals surface area contributed by atoms with E-state index in [9.17, 15) is 0 Å². The summed E-state index contributed by atoms with van der Waals surface area (Å²) in [5.74, 6) is 3.08. The molecular formula is C88H54N12. The molecule has 0 saturated heterocycles. The minimum atomic E-state index is 0.462. The van der Waals surface area contributed by atoms with E-state index < -0.39 is 0 Å².